The van der Waals surface area contributed by atoms with Crippen LogP contribution < -0.4 is 11.1 Å². The molecule has 2 rings (SSSR count). The van der Waals surface area contributed by atoms with E-state index in [1.165, 1.54) is 0 Å². The lowest BCUT2D eigenvalue weighted by Gasteiger charge is -2.12. The third-order valence-electron chi connectivity index (χ3n) is 3.10. The Morgan fingerprint density at radius 2 is 2.35 bits per heavy atom. The van der Waals surface area contributed by atoms with Crippen molar-refractivity contribution >= 4 is 5.91 Å². The van der Waals surface area contributed by atoms with Gasteiger partial charge in [0.15, 0.2) is 0 Å². The van der Waals surface area contributed by atoms with Gasteiger partial charge in [0.1, 0.15) is 0 Å². The maximum Gasteiger partial charge on any atom is 0.292 e. The molecule has 1 saturated carbocycles. The molecule has 1 unspecified atom stereocenters. The standard InChI is InChI=1S/C11H18N4O2/c1-3-6(2)8(12)11-14-9(15-17-11)10(16)13-7-4-5-7/h6-8H,3-5,12H2,1-2H3,(H,13,16)/t6?,8-/m0/s1. The van der Waals surface area contributed by atoms with Crippen molar-refractivity contribution in [2.75, 3.05) is 0 Å². The summed E-state index contributed by atoms with van der Waals surface area (Å²) >= 11 is 0. The van der Waals surface area contributed by atoms with Crippen molar-refractivity contribution in [2.24, 2.45) is 11.7 Å². The summed E-state index contributed by atoms with van der Waals surface area (Å²) in [5.74, 6) is 0.375. The quantitative estimate of drug-likeness (QED) is 0.798. The molecule has 1 aromatic rings. The van der Waals surface area contributed by atoms with Gasteiger partial charge in [-0.1, -0.05) is 25.4 Å². The first kappa shape index (κ1) is 12.0. The van der Waals surface area contributed by atoms with Gasteiger partial charge in [0, 0.05) is 6.04 Å². The molecule has 0 aromatic carbocycles. The first-order chi connectivity index (χ1) is 8.11. The van der Waals surface area contributed by atoms with Crippen LogP contribution >= 0.6 is 0 Å². The normalized spacial score (nSPS) is 18.8. The van der Waals surface area contributed by atoms with Crippen molar-refractivity contribution in [1.29, 1.82) is 0 Å². The Kier molecular flexibility index (Phi) is 3.42. The number of nitrogens with two attached hydrogens (primary N) is 1. The summed E-state index contributed by atoms with van der Waals surface area (Å²) in [5, 5.41) is 6.46. The van der Waals surface area contributed by atoms with Crippen LogP contribution in [0.25, 0.3) is 0 Å². The van der Waals surface area contributed by atoms with Crippen LogP contribution in [-0.4, -0.2) is 22.1 Å². The van der Waals surface area contributed by atoms with E-state index in [2.05, 4.69) is 15.5 Å². The molecule has 17 heavy (non-hydrogen) atoms. The highest BCUT2D eigenvalue weighted by atomic mass is 16.5. The maximum absolute atomic E-state index is 11.6. The summed E-state index contributed by atoms with van der Waals surface area (Å²) in [6, 6.07) is -0.0253. The van der Waals surface area contributed by atoms with E-state index in [1.807, 2.05) is 13.8 Å². The number of hydrogen-bond donors (Lipinski definition) is 2. The number of hydrogen-bond acceptors (Lipinski definition) is 5. The number of carbonyl (C=O) groups is 1. The Labute approximate surface area is 99.9 Å². The first-order valence-electron chi connectivity index (χ1n) is 6.01. The highest BCUT2D eigenvalue weighted by molar-refractivity contribution is 5.90. The van der Waals surface area contributed by atoms with Crippen LogP contribution in [0.4, 0.5) is 0 Å². The minimum atomic E-state index is -0.310. The summed E-state index contributed by atoms with van der Waals surface area (Å²) in [6.07, 6.45) is 2.98. The summed E-state index contributed by atoms with van der Waals surface area (Å²) in [5.41, 5.74) is 5.95. The van der Waals surface area contributed by atoms with E-state index in [9.17, 15) is 4.79 Å². The molecule has 0 radical (unpaired) electrons. The fourth-order valence-electron chi connectivity index (χ4n) is 1.44. The van der Waals surface area contributed by atoms with Crippen molar-refractivity contribution in [3.63, 3.8) is 0 Å². The van der Waals surface area contributed by atoms with Crippen molar-refractivity contribution in [2.45, 2.75) is 45.2 Å². The van der Waals surface area contributed by atoms with Gasteiger partial charge < -0.3 is 15.6 Å². The number of nitrogens with one attached hydrogen (secondary N) is 1. The van der Waals surface area contributed by atoms with Gasteiger partial charge in [-0.2, -0.15) is 4.98 Å². The van der Waals surface area contributed by atoms with E-state index in [-0.39, 0.29) is 29.7 Å². The molecule has 0 bridgehead atoms. The van der Waals surface area contributed by atoms with Crippen LogP contribution in [0.3, 0.4) is 0 Å². The second-order valence-electron chi connectivity index (χ2n) is 4.62. The van der Waals surface area contributed by atoms with E-state index < -0.39 is 0 Å². The summed E-state index contributed by atoms with van der Waals surface area (Å²) in [4.78, 5) is 15.7. The molecule has 1 heterocycles. The van der Waals surface area contributed by atoms with Gasteiger partial charge in [-0.25, -0.2) is 0 Å². The molecule has 6 nitrogen and oxygen atoms in total. The fourth-order valence-corrected chi connectivity index (χ4v) is 1.44. The lowest BCUT2D eigenvalue weighted by Crippen LogP contribution is -2.26. The number of rotatable bonds is 5. The molecule has 3 N–H and O–H groups in total. The molecule has 94 valence electrons. The predicted molar refractivity (Wildman–Crippen MR) is 61.2 cm³/mol. The molecule has 1 amide bonds. The van der Waals surface area contributed by atoms with Crippen molar-refractivity contribution in [1.82, 2.24) is 15.5 Å². The highest BCUT2D eigenvalue weighted by Gasteiger charge is 2.27. The number of amides is 1. The van der Waals surface area contributed by atoms with Gasteiger partial charge in [0.25, 0.3) is 11.7 Å². The van der Waals surface area contributed by atoms with E-state index in [1.54, 1.807) is 0 Å². The van der Waals surface area contributed by atoms with E-state index in [4.69, 9.17) is 10.3 Å². The van der Waals surface area contributed by atoms with E-state index in [0.29, 0.717) is 5.89 Å². The van der Waals surface area contributed by atoms with E-state index in [0.717, 1.165) is 19.3 Å². The predicted octanol–water partition coefficient (Wildman–Crippen LogP) is 1.01. The average Bonchev–Trinajstić information content (AvgIpc) is 2.99. The Hall–Kier alpha value is -1.43. The molecule has 0 spiro atoms. The maximum atomic E-state index is 11.6. The number of carbonyl (C=O) groups excluding carboxylic acids is 1. The average molecular weight is 238 g/mol. The lowest BCUT2D eigenvalue weighted by atomic mass is 10.0. The number of nitrogens with zero attached hydrogens (tertiary/aromatic N) is 2. The Morgan fingerprint density at radius 1 is 1.65 bits per heavy atom. The van der Waals surface area contributed by atoms with Gasteiger partial charge in [-0.3, -0.25) is 4.79 Å². The van der Waals surface area contributed by atoms with Crippen LogP contribution in [0.1, 0.15) is 55.7 Å². The summed E-state index contributed by atoms with van der Waals surface area (Å²) < 4.78 is 5.03. The molecule has 2 atom stereocenters. The minimum Gasteiger partial charge on any atom is -0.346 e. The van der Waals surface area contributed by atoms with E-state index >= 15 is 0 Å². The van der Waals surface area contributed by atoms with Crippen molar-refractivity contribution in [3.8, 4) is 0 Å². The Balaban J connectivity index is 2.01. The zero-order valence-corrected chi connectivity index (χ0v) is 10.1. The number of aromatic nitrogens is 2. The lowest BCUT2D eigenvalue weighted by molar-refractivity contribution is 0.0937. The molecule has 0 aliphatic heterocycles. The molecular formula is C11H18N4O2. The van der Waals surface area contributed by atoms with Crippen LogP contribution in [0.5, 0.6) is 0 Å². The second-order valence-corrected chi connectivity index (χ2v) is 4.62. The molecule has 1 aromatic heterocycles. The summed E-state index contributed by atoms with van der Waals surface area (Å²) in [7, 11) is 0. The smallest absolute Gasteiger partial charge is 0.292 e. The van der Waals surface area contributed by atoms with Crippen LogP contribution in [0.2, 0.25) is 0 Å². The SMILES string of the molecule is CCC(C)[C@H](N)c1nc(C(=O)NC2CC2)no1. The third-order valence-corrected chi connectivity index (χ3v) is 3.10. The molecule has 1 fully saturated rings. The third kappa shape index (κ3) is 2.82. The molecule has 1 aliphatic carbocycles. The van der Waals surface area contributed by atoms with Crippen molar-refractivity contribution in [3.05, 3.63) is 11.7 Å². The van der Waals surface area contributed by atoms with Gasteiger partial charge >= 0.3 is 0 Å². The minimum absolute atomic E-state index is 0.0747. The molecule has 1 aliphatic rings. The topological polar surface area (TPSA) is 94.0 Å². The first-order valence-corrected chi connectivity index (χ1v) is 6.01. The molecule has 0 saturated heterocycles. The molecule has 6 heteroatoms. The Bertz CT molecular complexity index is 400. The highest BCUT2D eigenvalue weighted by Crippen LogP contribution is 2.21. The fraction of sp³-hybridized carbons (Fsp3) is 0.727. The van der Waals surface area contributed by atoms with Crippen LogP contribution in [0, 0.1) is 5.92 Å². The van der Waals surface area contributed by atoms with Crippen molar-refractivity contribution < 1.29 is 9.32 Å². The van der Waals surface area contributed by atoms with Gasteiger partial charge in [0.2, 0.25) is 5.89 Å². The van der Waals surface area contributed by atoms with Gasteiger partial charge in [0.05, 0.1) is 6.04 Å². The van der Waals surface area contributed by atoms with Gasteiger partial charge in [-0.15, -0.1) is 0 Å². The monoisotopic (exact) mass is 238 g/mol. The zero-order chi connectivity index (χ0) is 12.4. The zero-order valence-electron chi connectivity index (χ0n) is 10.1. The molecular weight excluding hydrogens is 220 g/mol. The van der Waals surface area contributed by atoms with Crippen LogP contribution in [-0.2, 0) is 0 Å². The largest absolute Gasteiger partial charge is 0.346 e. The van der Waals surface area contributed by atoms with Crippen LogP contribution in [0.15, 0.2) is 4.52 Å². The second kappa shape index (κ2) is 4.83. The van der Waals surface area contributed by atoms with Gasteiger partial charge in [-0.05, 0) is 18.8 Å². The summed E-state index contributed by atoms with van der Waals surface area (Å²) in [6.45, 7) is 4.06. The Morgan fingerprint density at radius 3 is 2.94 bits per heavy atom.